The first-order chi connectivity index (χ1) is 15.1. The van der Waals surface area contributed by atoms with Gasteiger partial charge in [-0.05, 0) is 36.1 Å². The molecule has 1 aromatic heterocycles. The van der Waals surface area contributed by atoms with Crippen LogP contribution in [-0.4, -0.2) is 57.6 Å². The number of nitriles is 1. The van der Waals surface area contributed by atoms with Gasteiger partial charge in [0.15, 0.2) is 17.2 Å². The van der Waals surface area contributed by atoms with Gasteiger partial charge in [0.1, 0.15) is 17.0 Å². The maximum Gasteiger partial charge on any atom is 0.328 e. The normalized spacial score (nSPS) is 11.8. The number of hydrogen-bond donors (Lipinski definition) is 4. The Labute approximate surface area is 198 Å². The molecule has 0 radical (unpaired) electrons. The van der Waals surface area contributed by atoms with Crippen molar-refractivity contribution in [1.29, 1.82) is 5.26 Å². The van der Waals surface area contributed by atoms with Crippen LogP contribution >= 0.6 is 34.9 Å². The highest BCUT2D eigenvalue weighted by molar-refractivity contribution is 8.01. The Kier molecular flexibility index (Phi) is 9.12. The van der Waals surface area contributed by atoms with Crippen molar-refractivity contribution < 1.29 is 29.6 Å². The molecule has 0 aliphatic rings. The summed E-state index contributed by atoms with van der Waals surface area (Å²) >= 11 is 4.01. The second kappa shape index (κ2) is 11.4. The number of rotatable bonds is 9. The Balaban J connectivity index is 2.63. The summed E-state index contributed by atoms with van der Waals surface area (Å²) in [6, 6.07) is 3.58. The Bertz CT molecular complexity index is 1020. The third kappa shape index (κ3) is 5.82. The van der Waals surface area contributed by atoms with E-state index in [4.69, 9.17) is 4.74 Å². The minimum absolute atomic E-state index is 0.121. The van der Waals surface area contributed by atoms with Crippen molar-refractivity contribution >= 4 is 46.7 Å². The topological polar surface area (TPSA) is 140 Å². The van der Waals surface area contributed by atoms with Crippen LogP contribution in [0.2, 0.25) is 0 Å². The van der Waals surface area contributed by atoms with Crippen molar-refractivity contribution in [2.75, 3.05) is 19.1 Å². The molecule has 0 bridgehead atoms. The number of ether oxygens (including phenoxy) is 1. The lowest BCUT2D eigenvalue weighted by Gasteiger charge is -2.16. The van der Waals surface area contributed by atoms with Gasteiger partial charge in [0.25, 0.3) is 5.91 Å². The number of carbonyl (C=O) groups excluding carboxylic acids is 2. The minimum Gasteiger partial charge on any atom is -0.504 e. The molecule has 0 fully saturated rings. The van der Waals surface area contributed by atoms with Gasteiger partial charge in [-0.25, -0.2) is 4.79 Å². The van der Waals surface area contributed by atoms with E-state index in [0.29, 0.717) is 16.4 Å². The quantitative estimate of drug-likeness (QED) is 0.231. The summed E-state index contributed by atoms with van der Waals surface area (Å²) in [4.78, 5) is 25.5. The number of aromatic hydroxyl groups is 3. The molecule has 11 heteroatoms. The van der Waals surface area contributed by atoms with Gasteiger partial charge in [0.05, 0.1) is 16.9 Å². The Morgan fingerprint density at radius 2 is 1.88 bits per heavy atom. The average Bonchev–Trinajstić information content (AvgIpc) is 3.11. The van der Waals surface area contributed by atoms with Crippen LogP contribution in [0, 0.1) is 11.3 Å². The summed E-state index contributed by atoms with van der Waals surface area (Å²) in [6.07, 6.45) is 2.24. The second-order valence-electron chi connectivity index (χ2n) is 6.94. The molecule has 1 heterocycles. The first-order valence-electron chi connectivity index (χ1n) is 9.51. The van der Waals surface area contributed by atoms with E-state index in [1.54, 1.807) is 0 Å². The predicted molar refractivity (Wildman–Crippen MR) is 127 cm³/mol. The van der Waals surface area contributed by atoms with E-state index in [1.807, 2.05) is 20.1 Å². The Morgan fingerprint density at radius 3 is 2.38 bits per heavy atom. The fourth-order valence-corrected chi connectivity index (χ4v) is 5.94. The van der Waals surface area contributed by atoms with E-state index in [-0.39, 0.29) is 26.8 Å². The molecule has 0 saturated heterocycles. The average molecular weight is 497 g/mol. The van der Waals surface area contributed by atoms with E-state index in [9.17, 15) is 30.2 Å². The molecule has 1 aromatic carbocycles. The lowest BCUT2D eigenvalue weighted by molar-refractivity contribution is -0.142. The van der Waals surface area contributed by atoms with Gasteiger partial charge < -0.3 is 25.4 Å². The summed E-state index contributed by atoms with van der Waals surface area (Å²) in [5, 5.41) is 42.3. The number of benzene rings is 1. The van der Waals surface area contributed by atoms with Gasteiger partial charge in [-0.3, -0.25) is 4.79 Å². The van der Waals surface area contributed by atoms with Crippen LogP contribution in [0.5, 0.6) is 17.2 Å². The fraction of sp³-hybridized carbons (Fsp3) is 0.381. The number of hydrogen-bond acceptors (Lipinski definition) is 10. The third-order valence-electron chi connectivity index (χ3n) is 4.30. The number of thioether (sulfide) groups is 2. The van der Waals surface area contributed by atoms with Crippen molar-refractivity contribution in [1.82, 2.24) is 5.32 Å². The number of phenolic OH excluding ortho intramolecular Hbond substituents is 3. The maximum absolute atomic E-state index is 13.2. The number of amides is 1. The molecule has 172 valence electrons. The zero-order chi connectivity index (χ0) is 24.0. The van der Waals surface area contributed by atoms with Gasteiger partial charge in [-0.2, -0.15) is 17.0 Å². The lowest BCUT2D eigenvalue weighted by atomic mass is 10.0. The molecule has 0 aliphatic carbocycles. The van der Waals surface area contributed by atoms with Gasteiger partial charge in [0, 0.05) is 10.8 Å². The molecule has 0 unspecified atom stereocenters. The summed E-state index contributed by atoms with van der Waals surface area (Å²) in [7, 11) is 1.24. The fourth-order valence-electron chi connectivity index (χ4n) is 2.84. The standard InChI is InChI=1S/C21H24N2O6S3/c1-10(2)31-21-12(9-22)16(11-7-14(24)17(26)15(25)8-11)18(32-21)19(27)23-13(5-6-30-4)20(28)29-3/h7-8,10,13,24-26H,5-6H2,1-4H3,(H,23,27)/t13-/m0/s1. The van der Waals surface area contributed by atoms with Gasteiger partial charge in [-0.1, -0.05) is 13.8 Å². The van der Waals surface area contributed by atoms with E-state index >= 15 is 0 Å². The van der Waals surface area contributed by atoms with Crippen LogP contribution in [0.25, 0.3) is 11.1 Å². The van der Waals surface area contributed by atoms with Crippen molar-refractivity contribution in [3.8, 4) is 34.4 Å². The SMILES string of the molecule is COC(=O)[C@H](CCSC)NC(=O)c1sc(SC(C)C)c(C#N)c1-c1cc(O)c(O)c(O)c1. The first-order valence-corrected chi connectivity index (χ1v) is 12.6. The van der Waals surface area contributed by atoms with Crippen LogP contribution in [-0.2, 0) is 9.53 Å². The highest BCUT2D eigenvalue weighted by Gasteiger charge is 2.29. The number of nitrogens with one attached hydrogen (secondary N) is 1. The molecule has 4 N–H and O–H groups in total. The highest BCUT2D eigenvalue weighted by atomic mass is 32.2. The van der Waals surface area contributed by atoms with Gasteiger partial charge in [-0.15, -0.1) is 23.1 Å². The van der Waals surface area contributed by atoms with E-state index in [0.717, 1.165) is 11.3 Å². The number of esters is 1. The molecular weight excluding hydrogens is 472 g/mol. The summed E-state index contributed by atoms with van der Waals surface area (Å²) in [6.45, 7) is 3.89. The molecule has 1 atom stereocenters. The number of nitrogens with zero attached hydrogens (tertiary/aromatic N) is 1. The predicted octanol–water partition coefficient (Wildman–Crippen LogP) is 3.93. The molecule has 8 nitrogen and oxygen atoms in total. The van der Waals surface area contributed by atoms with Crippen molar-refractivity contribution in [2.24, 2.45) is 0 Å². The second-order valence-corrected chi connectivity index (χ2v) is 10.8. The minimum atomic E-state index is -0.872. The molecule has 0 aliphatic heterocycles. The summed E-state index contributed by atoms with van der Waals surface area (Å²) in [5.74, 6) is -2.43. The largest absolute Gasteiger partial charge is 0.504 e. The number of phenols is 3. The zero-order valence-corrected chi connectivity index (χ0v) is 20.4. The third-order valence-corrected chi connectivity index (χ3v) is 7.35. The maximum atomic E-state index is 13.2. The summed E-state index contributed by atoms with van der Waals surface area (Å²) in [5.41, 5.74) is 0.601. The molecule has 2 rings (SSSR count). The van der Waals surface area contributed by atoms with Crippen LogP contribution in [0.3, 0.4) is 0 Å². The molecule has 1 amide bonds. The molecule has 0 spiro atoms. The Morgan fingerprint density at radius 1 is 1.25 bits per heavy atom. The zero-order valence-electron chi connectivity index (χ0n) is 18.0. The monoisotopic (exact) mass is 496 g/mol. The molecular formula is C21H24N2O6S3. The van der Waals surface area contributed by atoms with E-state index in [1.165, 1.54) is 42.8 Å². The molecule has 32 heavy (non-hydrogen) atoms. The van der Waals surface area contributed by atoms with Crippen molar-refractivity contribution in [3.05, 3.63) is 22.6 Å². The smallest absolute Gasteiger partial charge is 0.328 e. The van der Waals surface area contributed by atoms with Crippen LogP contribution in [0.15, 0.2) is 16.3 Å². The lowest BCUT2D eigenvalue weighted by Crippen LogP contribution is -2.41. The molecule has 2 aromatic rings. The number of thiophene rings is 1. The summed E-state index contributed by atoms with van der Waals surface area (Å²) < 4.78 is 5.39. The van der Waals surface area contributed by atoms with Gasteiger partial charge in [0.2, 0.25) is 0 Å². The van der Waals surface area contributed by atoms with Crippen molar-refractivity contribution in [2.45, 2.75) is 35.8 Å². The number of carbonyl (C=O) groups is 2. The van der Waals surface area contributed by atoms with Gasteiger partial charge >= 0.3 is 5.97 Å². The van der Waals surface area contributed by atoms with Crippen molar-refractivity contribution in [3.63, 3.8) is 0 Å². The van der Waals surface area contributed by atoms with Crippen LogP contribution < -0.4 is 5.32 Å². The van der Waals surface area contributed by atoms with Crippen LogP contribution in [0.4, 0.5) is 0 Å². The highest BCUT2D eigenvalue weighted by Crippen LogP contribution is 2.46. The van der Waals surface area contributed by atoms with Crippen LogP contribution in [0.1, 0.15) is 35.5 Å². The number of methoxy groups -OCH3 is 1. The molecule has 0 saturated carbocycles. The van der Waals surface area contributed by atoms with E-state index < -0.39 is 35.2 Å². The first kappa shape index (κ1) is 25.7. The van der Waals surface area contributed by atoms with E-state index in [2.05, 4.69) is 11.4 Å². The Hall–Kier alpha value is -2.55.